The van der Waals surface area contributed by atoms with Gasteiger partial charge in [0.2, 0.25) is 5.91 Å². The maximum Gasteiger partial charge on any atom is 0.224 e. The number of likely N-dealkylation sites (N-methyl/N-ethyl adjacent to an activating group) is 1. The second-order valence-corrected chi connectivity index (χ2v) is 10.3. The molecule has 2 heterocycles. The summed E-state index contributed by atoms with van der Waals surface area (Å²) in [6, 6.07) is 6.39. The van der Waals surface area contributed by atoms with Crippen molar-refractivity contribution in [3.05, 3.63) is 29.0 Å². The van der Waals surface area contributed by atoms with Gasteiger partial charge in [0.05, 0.1) is 5.52 Å². The zero-order valence-electron chi connectivity index (χ0n) is 19.8. The smallest absolute Gasteiger partial charge is 0.224 e. The lowest BCUT2D eigenvalue weighted by atomic mass is 9.93. The van der Waals surface area contributed by atoms with E-state index in [9.17, 15) is 4.79 Å². The van der Waals surface area contributed by atoms with Crippen LogP contribution >= 0.6 is 11.6 Å². The van der Waals surface area contributed by atoms with Crippen LogP contribution in [0.5, 0.6) is 0 Å². The van der Waals surface area contributed by atoms with Crippen LogP contribution in [0.3, 0.4) is 0 Å². The van der Waals surface area contributed by atoms with E-state index in [4.69, 9.17) is 21.6 Å². The van der Waals surface area contributed by atoms with Gasteiger partial charge in [0.15, 0.2) is 0 Å². The molecule has 6 nitrogen and oxygen atoms in total. The molecule has 2 saturated carbocycles. The number of rotatable bonds is 7. The van der Waals surface area contributed by atoms with Crippen molar-refractivity contribution in [1.82, 2.24) is 19.8 Å². The Morgan fingerprint density at radius 1 is 1.06 bits per heavy atom. The van der Waals surface area contributed by atoms with Gasteiger partial charge in [-0.2, -0.15) is 0 Å². The Morgan fingerprint density at radius 2 is 1.82 bits per heavy atom. The lowest BCUT2D eigenvalue weighted by molar-refractivity contribution is -0.132. The first-order chi connectivity index (χ1) is 16.1. The number of fused-ring (bicyclic) bond motifs is 1. The van der Waals surface area contributed by atoms with Crippen molar-refractivity contribution in [3.63, 3.8) is 0 Å². The highest BCUT2D eigenvalue weighted by Gasteiger charge is 2.31. The molecule has 33 heavy (non-hydrogen) atoms. The van der Waals surface area contributed by atoms with Gasteiger partial charge in [-0.1, -0.05) is 37.8 Å². The van der Waals surface area contributed by atoms with Crippen LogP contribution in [0.4, 0.5) is 5.82 Å². The van der Waals surface area contributed by atoms with E-state index in [0.29, 0.717) is 23.4 Å². The first-order valence-corrected chi connectivity index (χ1v) is 13.2. The second-order valence-electron chi connectivity index (χ2n) is 9.89. The topological polar surface area (TPSA) is 52.6 Å². The molecule has 2 aliphatic carbocycles. The number of nitrogens with zero attached hydrogens (tertiary/aromatic N) is 5. The molecule has 0 N–H and O–H groups in total. The standard InChI is InChI=1S/C26H36ClN5O/c1-2-30-14-16-31(17-15-30)24(33)12-13-32(21-6-4-3-5-7-21)26-22-11-10-20(27)18-23(22)28-25(29-26)19-8-9-19/h10-11,18-19,21H,2-9,12-17H2,1H3. The number of aromatic nitrogens is 2. The Balaban J connectivity index is 1.41. The molecular weight excluding hydrogens is 434 g/mol. The lowest BCUT2D eigenvalue weighted by Gasteiger charge is -2.37. The summed E-state index contributed by atoms with van der Waals surface area (Å²) >= 11 is 6.33. The molecule has 3 fully saturated rings. The third-order valence-electron chi connectivity index (χ3n) is 7.62. The molecule has 1 saturated heterocycles. The molecule has 5 rings (SSSR count). The van der Waals surface area contributed by atoms with E-state index in [1.165, 1.54) is 32.1 Å². The molecule has 1 amide bonds. The third-order valence-corrected chi connectivity index (χ3v) is 7.86. The molecule has 1 aliphatic heterocycles. The number of halogens is 1. The Hall–Kier alpha value is -1.92. The lowest BCUT2D eigenvalue weighted by Crippen LogP contribution is -2.49. The van der Waals surface area contributed by atoms with Gasteiger partial charge in [-0.3, -0.25) is 4.79 Å². The predicted octanol–water partition coefficient (Wildman–Crippen LogP) is 4.85. The maximum absolute atomic E-state index is 13.1. The molecular formula is C26H36ClN5O. The van der Waals surface area contributed by atoms with Crippen LogP contribution < -0.4 is 4.90 Å². The fourth-order valence-corrected chi connectivity index (χ4v) is 5.55. The van der Waals surface area contributed by atoms with Crippen LogP contribution in [0.1, 0.15) is 70.0 Å². The summed E-state index contributed by atoms with van der Waals surface area (Å²) < 4.78 is 0. The van der Waals surface area contributed by atoms with Crippen LogP contribution in [0.25, 0.3) is 10.9 Å². The highest BCUT2D eigenvalue weighted by Crippen LogP contribution is 2.41. The van der Waals surface area contributed by atoms with Gasteiger partial charge < -0.3 is 14.7 Å². The number of hydrogen-bond acceptors (Lipinski definition) is 5. The van der Waals surface area contributed by atoms with E-state index < -0.39 is 0 Å². The van der Waals surface area contributed by atoms with Crippen LogP contribution in [0.2, 0.25) is 5.02 Å². The largest absolute Gasteiger partial charge is 0.352 e. The molecule has 0 unspecified atom stereocenters. The fraction of sp³-hybridized carbons (Fsp3) is 0.654. The first-order valence-electron chi connectivity index (χ1n) is 12.9. The molecule has 1 aromatic heterocycles. The summed E-state index contributed by atoms with van der Waals surface area (Å²) in [5.41, 5.74) is 0.928. The van der Waals surface area contributed by atoms with Crippen LogP contribution in [-0.4, -0.2) is 71.0 Å². The number of hydrogen-bond donors (Lipinski definition) is 0. The van der Waals surface area contributed by atoms with E-state index in [1.807, 2.05) is 12.1 Å². The summed E-state index contributed by atoms with van der Waals surface area (Å²) in [5, 5.41) is 1.76. The number of amides is 1. The Labute approximate surface area is 202 Å². The molecule has 178 valence electrons. The molecule has 7 heteroatoms. The summed E-state index contributed by atoms with van der Waals surface area (Å²) in [6.07, 6.45) is 9.01. The van der Waals surface area contributed by atoms with Gasteiger partial charge in [0, 0.05) is 61.5 Å². The second kappa shape index (κ2) is 10.1. The number of piperazine rings is 1. The maximum atomic E-state index is 13.1. The summed E-state index contributed by atoms with van der Waals surface area (Å²) in [7, 11) is 0. The summed E-state index contributed by atoms with van der Waals surface area (Å²) in [4.78, 5) is 30.0. The SMILES string of the molecule is CCN1CCN(C(=O)CCN(c2nc(C3CC3)nc3cc(Cl)ccc23)C2CCCCC2)CC1. The number of anilines is 1. The van der Waals surface area contributed by atoms with Gasteiger partial charge in [-0.15, -0.1) is 0 Å². The Morgan fingerprint density at radius 3 is 2.52 bits per heavy atom. The molecule has 0 atom stereocenters. The van der Waals surface area contributed by atoms with E-state index >= 15 is 0 Å². The van der Waals surface area contributed by atoms with Crippen molar-refractivity contribution in [2.24, 2.45) is 0 Å². The zero-order valence-corrected chi connectivity index (χ0v) is 20.6. The molecule has 0 bridgehead atoms. The average Bonchev–Trinajstić information content (AvgIpc) is 3.70. The van der Waals surface area contributed by atoms with Gasteiger partial charge in [-0.05, 0) is 50.4 Å². The molecule has 0 radical (unpaired) electrons. The highest BCUT2D eigenvalue weighted by molar-refractivity contribution is 6.31. The average molecular weight is 470 g/mol. The van der Waals surface area contributed by atoms with Gasteiger partial charge >= 0.3 is 0 Å². The van der Waals surface area contributed by atoms with E-state index in [2.05, 4.69) is 27.7 Å². The minimum absolute atomic E-state index is 0.274. The normalized spacial score (nSPS) is 20.4. The number of carbonyl (C=O) groups excluding carboxylic acids is 1. The van der Waals surface area contributed by atoms with Crippen LogP contribution in [-0.2, 0) is 4.79 Å². The summed E-state index contributed by atoms with van der Waals surface area (Å²) in [6.45, 7) is 7.62. The van der Waals surface area contributed by atoms with Crippen molar-refractivity contribution < 1.29 is 4.79 Å². The van der Waals surface area contributed by atoms with E-state index in [0.717, 1.165) is 74.7 Å². The van der Waals surface area contributed by atoms with E-state index in [1.54, 1.807) is 0 Å². The van der Waals surface area contributed by atoms with Crippen molar-refractivity contribution in [2.75, 3.05) is 44.2 Å². The molecule has 1 aromatic carbocycles. The number of carbonyl (C=O) groups is 1. The van der Waals surface area contributed by atoms with Crippen molar-refractivity contribution in [1.29, 1.82) is 0 Å². The van der Waals surface area contributed by atoms with Crippen molar-refractivity contribution in [3.8, 4) is 0 Å². The summed E-state index contributed by atoms with van der Waals surface area (Å²) in [5.74, 6) is 2.70. The Kier molecular flexibility index (Phi) is 7.02. The first kappa shape index (κ1) is 22.9. The minimum atomic E-state index is 0.274. The van der Waals surface area contributed by atoms with Gasteiger partial charge in [0.25, 0.3) is 0 Å². The van der Waals surface area contributed by atoms with E-state index in [-0.39, 0.29) is 5.91 Å². The molecule has 2 aromatic rings. The predicted molar refractivity (Wildman–Crippen MR) is 134 cm³/mol. The molecule has 3 aliphatic rings. The quantitative estimate of drug-likeness (QED) is 0.580. The fourth-order valence-electron chi connectivity index (χ4n) is 5.39. The van der Waals surface area contributed by atoms with Crippen LogP contribution in [0.15, 0.2) is 18.2 Å². The van der Waals surface area contributed by atoms with Gasteiger partial charge in [-0.25, -0.2) is 9.97 Å². The monoisotopic (exact) mass is 469 g/mol. The van der Waals surface area contributed by atoms with Crippen LogP contribution in [0, 0.1) is 0 Å². The molecule has 0 spiro atoms. The third kappa shape index (κ3) is 5.27. The van der Waals surface area contributed by atoms with Gasteiger partial charge in [0.1, 0.15) is 11.6 Å². The number of benzene rings is 1. The Bertz CT molecular complexity index is 980. The van der Waals surface area contributed by atoms with Crippen molar-refractivity contribution in [2.45, 2.75) is 70.3 Å². The zero-order chi connectivity index (χ0) is 22.8. The highest BCUT2D eigenvalue weighted by atomic mass is 35.5. The minimum Gasteiger partial charge on any atom is -0.352 e. The van der Waals surface area contributed by atoms with Crippen molar-refractivity contribution >= 4 is 34.2 Å².